The number of carbonyl (C=O) groups excluding carboxylic acids is 3. The number of halogens is 1. The number of methoxy groups -OCH3 is 2. The van der Waals surface area contributed by atoms with Gasteiger partial charge in [-0.25, -0.2) is 4.98 Å². The van der Waals surface area contributed by atoms with Crippen LogP contribution >= 0.6 is 27.3 Å². The lowest BCUT2D eigenvalue weighted by Gasteiger charge is -2.02. The predicted molar refractivity (Wildman–Crippen MR) is 87.3 cm³/mol. The van der Waals surface area contributed by atoms with E-state index in [1.54, 1.807) is 14.0 Å². The number of nitrogens with zero attached hydrogens (tertiary/aromatic N) is 1. The molecule has 22 heavy (non-hydrogen) atoms. The lowest BCUT2D eigenvalue weighted by molar-refractivity contribution is -0.142. The van der Waals surface area contributed by atoms with Gasteiger partial charge in [0.1, 0.15) is 0 Å². The van der Waals surface area contributed by atoms with E-state index in [0.29, 0.717) is 28.7 Å². The normalized spacial score (nSPS) is 11.1. The number of ketones is 2. The van der Waals surface area contributed by atoms with E-state index < -0.39 is 10.8 Å². The van der Waals surface area contributed by atoms with Crippen LogP contribution in [0.5, 0.6) is 0 Å². The molecular weight excluding hydrogens is 376 g/mol. The number of esters is 1. The molecule has 0 radical (unpaired) electrons. The van der Waals surface area contributed by atoms with Crippen LogP contribution in [0.15, 0.2) is 0 Å². The fraction of sp³-hybridized carbons (Fsp3) is 0.538. The van der Waals surface area contributed by atoms with Gasteiger partial charge in [0.05, 0.1) is 24.3 Å². The molecule has 1 heterocycles. The smallest absolute Gasteiger partial charge is 0.327 e. The van der Waals surface area contributed by atoms with Crippen molar-refractivity contribution in [3.63, 3.8) is 0 Å². The highest BCUT2D eigenvalue weighted by molar-refractivity contribution is 9.10. The van der Waals surface area contributed by atoms with Gasteiger partial charge in [-0.05, 0) is 0 Å². The van der Waals surface area contributed by atoms with Crippen LogP contribution in [0, 0.1) is 0 Å². The molecule has 0 amide bonds. The number of alkyl halides is 1. The summed E-state index contributed by atoms with van der Waals surface area (Å²) >= 11 is 4.10. The van der Waals surface area contributed by atoms with E-state index in [4.69, 9.17) is 10.5 Å². The quantitative estimate of drug-likeness (QED) is 0.340. The van der Waals surface area contributed by atoms with E-state index in [-0.39, 0.29) is 11.6 Å². The number of nitrogens with two attached hydrogens (primary N) is 1. The molecule has 2 N–H and O–H groups in total. The third-order valence-electron chi connectivity index (χ3n) is 2.35. The highest BCUT2D eigenvalue weighted by Crippen LogP contribution is 2.21. The maximum Gasteiger partial charge on any atom is 0.327 e. The minimum Gasteiger partial charge on any atom is -0.468 e. The second kappa shape index (κ2) is 10.4. The molecule has 0 spiro atoms. The van der Waals surface area contributed by atoms with Crippen molar-refractivity contribution in [2.24, 2.45) is 0 Å². The Morgan fingerprint density at radius 1 is 1.36 bits per heavy atom. The van der Waals surface area contributed by atoms with E-state index in [9.17, 15) is 14.4 Å². The number of thiazole rings is 1. The molecule has 1 unspecified atom stereocenters. The number of hydrogen-bond donors (Lipinski definition) is 1. The predicted octanol–water partition coefficient (Wildman–Crippen LogP) is 1.98. The minimum absolute atomic E-state index is 0.0174. The molecular formula is C13H19BrN2O5S. The van der Waals surface area contributed by atoms with E-state index in [1.807, 2.05) is 0 Å². The fourth-order valence-electron chi connectivity index (χ4n) is 1.29. The second-order valence-corrected chi connectivity index (χ2v) is 5.97. The van der Waals surface area contributed by atoms with Crippen molar-refractivity contribution in [1.82, 2.24) is 4.98 Å². The van der Waals surface area contributed by atoms with E-state index in [2.05, 4.69) is 25.7 Å². The third-order valence-corrected chi connectivity index (χ3v) is 4.27. The molecule has 0 saturated heterocycles. The van der Waals surface area contributed by atoms with Crippen molar-refractivity contribution >= 4 is 49.9 Å². The third kappa shape index (κ3) is 6.63. The van der Waals surface area contributed by atoms with Crippen LogP contribution in [-0.4, -0.2) is 41.6 Å². The number of ether oxygens (including phenoxy) is 2. The van der Waals surface area contributed by atoms with Gasteiger partial charge in [0.15, 0.2) is 21.5 Å². The number of aromatic nitrogens is 1. The Balaban J connectivity index is 0.000000409. The molecule has 124 valence electrons. The van der Waals surface area contributed by atoms with Crippen molar-refractivity contribution in [1.29, 1.82) is 0 Å². The molecule has 0 saturated carbocycles. The van der Waals surface area contributed by atoms with Crippen molar-refractivity contribution < 1.29 is 23.9 Å². The standard InChI is InChI=1S/C7H10N2O2S.C6H9BrO3/c1-4(10)6-5(3-11-2)9-7(8)12-6;1-3-4(8)5(7)6(9)10-2/h3H2,1-2H3,(H2,8,9);5H,3H2,1-2H3. The van der Waals surface area contributed by atoms with Crippen LogP contribution in [0.3, 0.4) is 0 Å². The Bertz CT molecular complexity index is 517. The average molecular weight is 395 g/mol. The van der Waals surface area contributed by atoms with Gasteiger partial charge in [-0.2, -0.15) is 0 Å². The molecule has 1 aromatic rings. The number of nitrogen functional groups attached to an aromatic ring is 1. The Morgan fingerprint density at radius 2 is 1.95 bits per heavy atom. The van der Waals surface area contributed by atoms with Gasteiger partial charge in [0.25, 0.3) is 0 Å². The van der Waals surface area contributed by atoms with Gasteiger partial charge < -0.3 is 15.2 Å². The van der Waals surface area contributed by atoms with Crippen LogP contribution < -0.4 is 5.73 Å². The largest absolute Gasteiger partial charge is 0.468 e. The van der Waals surface area contributed by atoms with Crippen LogP contribution in [0.1, 0.15) is 35.6 Å². The van der Waals surface area contributed by atoms with Gasteiger partial charge in [0, 0.05) is 20.5 Å². The highest BCUT2D eigenvalue weighted by atomic mass is 79.9. The first-order valence-electron chi connectivity index (χ1n) is 6.28. The Labute approximate surface area is 141 Å². The van der Waals surface area contributed by atoms with Crippen molar-refractivity contribution in [2.45, 2.75) is 31.7 Å². The maximum absolute atomic E-state index is 11.0. The van der Waals surface area contributed by atoms with Gasteiger partial charge in [-0.15, -0.1) is 0 Å². The van der Waals surface area contributed by atoms with E-state index in [0.717, 1.165) is 0 Å². The lowest BCUT2D eigenvalue weighted by atomic mass is 10.2. The van der Waals surface area contributed by atoms with Crippen molar-refractivity contribution in [3.05, 3.63) is 10.6 Å². The molecule has 1 rings (SSSR count). The summed E-state index contributed by atoms with van der Waals surface area (Å²) in [6, 6.07) is 0. The molecule has 1 aromatic heterocycles. The van der Waals surface area contributed by atoms with Crippen LogP contribution in [0.25, 0.3) is 0 Å². The number of rotatable bonds is 6. The summed E-state index contributed by atoms with van der Waals surface area (Å²) in [5, 5.41) is 0.409. The minimum atomic E-state index is -0.789. The summed E-state index contributed by atoms with van der Waals surface area (Å²) in [5.41, 5.74) is 6.08. The molecule has 0 fully saturated rings. The molecule has 0 bridgehead atoms. The maximum atomic E-state index is 11.0. The molecule has 1 atom stereocenters. The van der Waals surface area contributed by atoms with Crippen LogP contribution in [0.2, 0.25) is 0 Å². The summed E-state index contributed by atoms with van der Waals surface area (Å²) in [5.74, 6) is -0.713. The number of anilines is 1. The average Bonchev–Trinajstić information content (AvgIpc) is 2.86. The Morgan fingerprint density at radius 3 is 2.36 bits per heavy atom. The zero-order valence-corrected chi connectivity index (χ0v) is 15.2. The first kappa shape index (κ1) is 20.7. The zero-order valence-electron chi connectivity index (χ0n) is 12.8. The summed E-state index contributed by atoms with van der Waals surface area (Å²) < 4.78 is 9.20. The number of hydrogen-bond acceptors (Lipinski definition) is 8. The summed E-state index contributed by atoms with van der Waals surface area (Å²) in [4.78, 5) is 36.2. The lowest BCUT2D eigenvalue weighted by Crippen LogP contribution is -2.24. The molecule has 0 aliphatic rings. The number of carbonyl (C=O) groups is 3. The van der Waals surface area contributed by atoms with Crippen molar-refractivity contribution in [3.8, 4) is 0 Å². The first-order valence-corrected chi connectivity index (χ1v) is 8.01. The Hall–Kier alpha value is -1.32. The van der Waals surface area contributed by atoms with Gasteiger partial charge in [-0.3, -0.25) is 14.4 Å². The molecule has 0 aromatic carbocycles. The van der Waals surface area contributed by atoms with Crippen molar-refractivity contribution in [2.75, 3.05) is 20.0 Å². The highest BCUT2D eigenvalue weighted by Gasteiger charge is 2.21. The van der Waals surface area contributed by atoms with Gasteiger partial charge in [-0.1, -0.05) is 34.2 Å². The SMILES string of the molecule is CCC(=O)C(Br)C(=O)OC.COCc1nc(N)sc1C(C)=O. The molecule has 0 aliphatic heterocycles. The molecule has 0 aliphatic carbocycles. The molecule has 9 heteroatoms. The van der Waals surface area contributed by atoms with Crippen LogP contribution in [-0.2, 0) is 25.7 Å². The summed E-state index contributed by atoms with van der Waals surface area (Å²) in [7, 11) is 2.80. The van der Waals surface area contributed by atoms with E-state index in [1.165, 1.54) is 25.4 Å². The Kier molecular flexibility index (Phi) is 9.79. The second-order valence-electron chi connectivity index (χ2n) is 4.02. The summed E-state index contributed by atoms with van der Waals surface area (Å²) in [6.45, 7) is 3.52. The first-order chi connectivity index (χ1) is 10.3. The zero-order chi connectivity index (χ0) is 17.3. The number of Topliss-reactive ketones (excluding diaryl/α,β-unsaturated/α-hetero) is 2. The van der Waals surface area contributed by atoms with Gasteiger partial charge >= 0.3 is 5.97 Å². The van der Waals surface area contributed by atoms with Crippen LogP contribution in [0.4, 0.5) is 5.13 Å². The van der Waals surface area contributed by atoms with E-state index >= 15 is 0 Å². The fourth-order valence-corrected chi connectivity index (χ4v) is 2.54. The molecule has 7 nitrogen and oxygen atoms in total. The topological polar surface area (TPSA) is 109 Å². The monoisotopic (exact) mass is 394 g/mol. The van der Waals surface area contributed by atoms with Gasteiger partial charge in [0.2, 0.25) is 0 Å². The summed E-state index contributed by atoms with van der Waals surface area (Å²) in [6.07, 6.45) is 0.338.